The Morgan fingerprint density at radius 2 is 1.89 bits per heavy atom. The van der Waals surface area contributed by atoms with Crippen LogP contribution in [0.2, 0.25) is 0 Å². The lowest BCUT2D eigenvalue weighted by Crippen LogP contribution is -2.29. The summed E-state index contributed by atoms with van der Waals surface area (Å²) in [6, 6.07) is 12.8. The van der Waals surface area contributed by atoms with Gasteiger partial charge in [-0.3, -0.25) is 4.90 Å². The van der Waals surface area contributed by atoms with E-state index in [1.54, 1.807) is 0 Å². The van der Waals surface area contributed by atoms with Crippen molar-refractivity contribution in [1.82, 2.24) is 4.90 Å². The largest absolute Gasteiger partial charge is 0.330 e. The molecule has 0 unspecified atom stereocenters. The van der Waals surface area contributed by atoms with Crippen LogP contribution < -0.4 is 5.73 Å². The van der Waals surface area contributed by atoms with Crippen LogP contribution >= 0.6 is 0 Å². The highest BCUT2D eigenvalue weighted by atomic mass is 15.1. The summed E-state index contributed by atoms with van der Waals surface area (Å²) in [5, 5.41) is 9.08. The molecule has 0 amide bonds. The van der Waals surface area contributed by atoms with Gasteiger partial charge in [0.1, 0.15) is 0 Å². The predicted molar refractivity (Wildman–Crippen MR) is 79.4 cm³/mol. The third-order valence-electron chi connectivity index (χ3n) is 3.28. The van der Waals surface area contributed by atoms with Crippen LogP contribution in [-0.4, -0.2) is 24.5 Å². The molecule has 104 valence electrons. The van der Waals surface area contributed by atoms with Crippen molar-refractivity contribution < 1.29 is 0 Å². The Bertz CT molecular complexity index is 392. The number of hydrogen-bond acceptors (Lipinski definition) is 3. The minimum atomic E-state index is -0.252. The van der Waals surface area contributed by atoms with Crippen LogP contribution in [0.1, 0.15) is 32.3 Å². The summed E-state index contributed by atoms with van der Waals surface area (Å²) in [5.41, 5.74) is 6.66. The van der Waals surface area contributed by atoms with E-state index in [4.69, 9.17) is 11.0 Å². The molecule has 19 heavy (non-hydrogen) atoms. The molecule has 1 aromatic carbocycles. The second-order valence-electron chi connectivity index (χ2n) is 5.65. The quantitative estimate of drug-likeness (QED) is 0.781. The lowest BCUT2D eigenvalue weighted by atomic mass is 9.91. The van der Waals surface area contributed by atoms with Crippen LogP contribution in [-0.2, 0) is 6.54 Å². The molecule has 3 heteroatoms. The lowest BCUT2D eigenvalue weighted by molar-refractivity contribution is 0.233. The molecule has 0 aromatic heterocycles. The van der Waals surface area contributed by atoms with Gasteiger partial charge in [0.05, 0.1) is 11.5 Å². The Hall–Kier alpha value is -1.37. The number of nitriles is 1. The molecule has 0 aliphatic rings. The van der Waals surface area contributed by atoms with E-state index in [9.17, 15) is 0 Å². The van der Waals surface area contributed by atoms with E-state index in [-0.39, 0.29) is 5.41 Å². The van der Waals surface area contributed by atoms with Crippen LogP contribution in [0.25, 0.3) is 0 Å². The predicted octanol–water partition coefficient (Wildman–Crippen LogP) is 2.78. The monoisotopic (exact) mass is 259 g/mol. The molecule has 1 aromatic rings. The highest BCUT2D eigenvalue weighted by Gasteiger charge is 2.18. The molecule has 0 fully saturated rings. The Kier molecular flexibility index (Phi) is 6.55. The Balaban J connectivity index is 2.55. The molecule has 0 radical (unpaired) electrons. The van der Waals surface area contributed by atoms with E-state index in [1.807, 2.05) is 19.9 Å². The fourth-order valence-corrected chi connectivity index (χ4v) is 1.92. The summed E-state index contributed by atoms with van der Waals surface area (Å²) in [6.45, 7) is 7.57. The summed E-state index contributed by atoms with van der Waals surface area (Å²) >= 11 is 0. The molecular weight excluding hydrogens is 234 g/mol. The normalized spacial score (nSPS) is 11.5. The number of nitrogens with two attached hydrogens (primary N) is 1. The number of hydrogen-bond donors (Lipinski definition) is 1. The zero-order chi connectivity index (χ0) is 14.1. The topological polar surface area (TPSA) is 53.0 Å². The van der Waals surface area contributed by atoms with E-state index in [1.165, 1.54) is 5.56 Å². The van der Waals surface area contributed by atoms with Crippen LogP contribution in [0.4, 0.5) is 0 Å². The zero-order valence-corrected chi connectivity index (χ0v) is 12.1. The fraction of sp³-hybridized carbons (Fsp3) is 0.562. The van der Waals surface area contributed by atoms with Gasteiger partial charge in [-0.25, -0.2) is 0 Å². The van der Waals surface area contributed by atoms with Gasteiger partial charge >= 0.3 is 0 Å². The van der Waals surface area contributed by atoms with Crippen LogP contribution in [0.3, 0.4) is 0 Å². The average Bonchev–Trinajstić information content (AvgIpc) is 2.43. The van der Waals surface area contributed by atoms with Crippen molar-refractivity contribution in [2.75, 3.05) is 19.6 Å². The van der Waals surface area contributed by atoms with Crippen LogP contribution in [0, 0.1) is 16.7 Å². The van der Waals surface area contributed by atoms with Gasteiger partial charge in [-0.1, -0.05) is 30.3 Å². The SMILES string of the molecule is CC(C)(C#N)CCN(CCCN)Cc1ccccc1. The summed E-state index contributed by atoms with van der Waals surface area (Å²) < 4.78 is 0. The first-order valence-electron chi connectivity index (χ1n) is 6.95. The fourth-order valence-electron chi connectivity index (χ4n) is 1.92. The molecule has 0 spiro atoms. The molecule has 2 N–H and O–H groups in total. The van der Waals surface area contributed by atoms with Crippen LogP contribution in [0.15, 0.2) is 30.3 Å². The van der Waals surface area contributed by atoms with Crippen molar-refractivity contribution in [3.8, 4) is 6.07 Å². The zero-order valence-electron chi connectivity index (χ0n) is 12.1. The van der Waals surface area contributed by atoms with Gasteiger partial charge in [0.25, 0.3) is 0 Å². The first kappa shape index (κ1) is 15.7. The van der Waals surface area contributed by atoms with Gasteiger partial charge in [-0.15, -0.1) is 0 Å². The summed E-state index contributed by atoms with van der Waals surface area (Å²) in [5.74, 6) is 0. The Morgan fingerprint density at radius 3 is 2.47 bits per heavy atom. The summed E-state index contributed by atoms with van der Waals surface area (Å²) in [4.78, 5) is 2.39. The van der Waals surface area contributed by atoms with Gasteiger partial charge < -0.3 is 5.73 Å². The second kappa shape index (κ2) is 7.93. The van der Waals surface area contributed by atoms with Crippen molar-refractivity contribution >= 4 is 0 Å². The van der Waals surface area contributed by atoms with Crippen molar-refractivity contribution in [2.24, 2.45) is 11.1 Å². The minimum Gasteiger partial charge on any atom is -0.330 e. The van der Waals surface area contributed by atoms with Crippen LogP contribution in [0.5, 0.6) is 0 Å². The maximum atomic E-state index is 9.08. The van der Waals surface area contributed by atoms with E-state index in [2.05, 4.69) is 35.2 Å². The molecule has 1 rings (SSSR count). The van der Waals surface area contributed by atoms with E-state index in [0.29, 0.717) is 6.54 Å². The summed E-state index contributed by atoms with van der Waals surface area (Å²) in [7, 11) is 0. The third-order valence-corrected chi connectivity index (χ3v) is 3.28. The van der Waals surface area contributed by atoms with Gasteiger partial charge in [0, 0.05) is 6.54 Å². The Labute approximate surface area is 117 Å². The molecule has 0 saturated heterocycles. The second-order valence-corrected chi connectivity index (χ2v) is 5.65. The maximum absolute atomic E-state index is 9.08. The van der Waals surface area contributed by atoms with Crippen molar-refractivity contribution in [1.29, 1.82) is 5.26 Å². The van der Waals surface area contributed by atoms with Gasteiger partial charge in [0.15, 0.2) is 0 Å². The lowest BCUT2D eigenvalue weighted by Gasteiger charge is -2.25. The van der Waals surface area contributed by atoms with E-state index >= 15 is 0 Å². The van der Waals surface area contributed by atoms with Gasteiger partial charge in [0.2, 0.25) is 0 Å². The highest BCUT2D eigenvalue weighted by molar-refractivity contribution is 5.14. The van der Waals surface area contributed by atoms with Crippen molar-refractivity contribution in [3.05, 3.63) is 35.9 Å². The minimum absolute atomic E-state index is 0.252. The van der Waals surface area contributed by atoms with E-state index in [0.717, 1.165) is 32.5 Å². The molecule has 0 saturated carbocycles. The molecule has 0 aliphatic heterocycles. The average molecular weight is 259 g/mol. The summed E-state index contributed by atoms with van der Waals surface area (Å²) in [6.07, 6.45) is 1.89. The maximum Gasteiger partial charge on any atom is 0.0684 e. The smallest absolute Gasteiger partial charge is 0.0684 e. The van der Waals surface area contributed by atoms with Crippen molar-refractivity contribution in [2.45, 2.75) is 33.2 Å². The molecule has 0 bridgehead atoms. The number of nitrogens with zero attached hydrogens (tertiary/aromatic N) is 2. The highest BCUT2D eigenvalue weighted by Crippen LogP contribution is 2.19. The molecular formula is C16H25N3. The number of rotatable bonds is 8. The molecule has 0 heterocycles. The van der Waals surface area contributed by atoms with E-state index < -0.39 is 0 Å². The molecule has 3 nitrogen and oxygen atoms in total. The molecule has 0 aliphatic carbocycles. The third kappa shape index (κ3) is 6.37. The Morgan fingerprint density at radius 1 is 1.21 bits per heavy atom. The van der Waals surface area contributed by atoms with Crippen molar-refractivity contribution in [3.63, 3.8) is 0 Å². The van der Waals surface area contributed by atoms with Gasteiger partial charge in [-0.05, 0) is 51.9 Å². The first-order valence-corrected chi connectivity index (χ1v) is 6.95. The molecule has 0 atom stereocenters. The first-order chi connectivity index (χ1) is 9.07. The van der Waals surface area contributed by atoms with Gasteiger partial charge in [-0.2, -0.15) is 5.26 Å². The standard InChI is InChI=1S/C16H25N3/c1-16(2,14-18)9-12-19(11-6-10-17)13-15-7-4-3-5-8-15/h3-5,7-8H,6,9-13,17H2,1-2H3. The number of benzene rings is 1.